The highest BCUT2D eigenvalue weighted by Crippen LogP contribution is 2.39. The van der Waals surface area contributed by atoms with Crippen LogP contribution >= 0.6 is 0 Å². The first-order valence-electron chi connectivity index (χ1n) is 7.94. The summed E-state index contributed by atoms with van der Waals surface area (Å²) in [4.78, 5) is 0. The van der Waals surface area contributed by atoms with Crippen molar-refractivity contribution >= 4 is 0 Å². The highest BCUT2D eigenvalue weighted by molar-refractivity contribution is 5.11. The highest BCUT2D eigenvalue weighted by atomic mass is 16.5. The van der Waals surface area contributed by atoms with E-state index in [4.69, 9.17) is 4.74 Å². The van der Waals surface area contributed by atoms with E-state index >= 15 is 0 Å². The average Bonchev–Trinajstić information content (AvgIpc) is 2.74. The van der Waals surface area contributed by atoms with E-state index in [-0.39, 0.29) is 5.60 Å². The maximum atomic E-state index is 5.79. The molecular formula is C16H29N3O. The van der Waals surface area contributed by atoms with Crippen LogP contribution in [0.4, 0.5) is 0 Å². The molecule has 0 bridgehead atoms. The van der Waals surface area contributed by atoms with Gasteiger partial charge in [0.1, 0.15) is 0 Å². The molecule has 0 spiro atoms. The van der Waals surface area contributed by atoms with Crippen molar-refractivity contribution in [3.63, 3.8) is 0 Å². The largest absolute Gasteiger partial charge is 0.378 e. The third kappa shape index (κ3) is 3.41. The third-order valence-electron chi connectivity index (χ3n) is 4.55. The highest BCUT2D eigenvalue weighted by Gasteiger charge is 2.39. The van der Waals surface area contributed by atoms with E-state index in [1.807, 2.05) is 7.11 Å². The molecule has 1 fully saturated rings. The second kappa shape index (κ2) is 6.72. The van der Waals surface area contributed by atoms with Gasteiger partial charge in [-0.2, -0.15) is 5.10 Å². The second-order valence-corrected chi connectivity index (χ2v) is 6.00. The summed E-state index contributed by atoms with van der Waals surface area (Å²) in [6.45, 7) is 8.35. The van der Waals surface area contributed by atoms with Crippen LogP contribution in [0.2, 0.25) is 0 Å². The van der Waals surface area contributed by atoms with Crippen molar-refractivity contribution in [3.05, 3.63) is 17.5 Å². The molecule has 1 aliphatic carbocycles. The van der Waals surface area contributed by atoms with E-state index in [2.05, 4.69) is 41.9 Å². The zero-order valence-corrected chi connectivity index (χ0v) is 13.4. The van der Waals surface area contributed by atoms with E-state index in [0.29, 0.717) is 6.04 Å². The number of aryl methyl sites for hydroxylation is 2. The Balaban J connectivity index is 2.04. The monoisotopic (exact) mass is 279 g/mol. The summed E-state index contributed by atoms with van der Waals surface area (Å²) < 4.78 is 7.91. The number of likely N-dealkylation sites (N-methyl/N-ethyl adjacent to an activating group) is 1. The average molecular weight is 279 g/mol. The number of ether oxygens (including phenoxy) is 1. The summed E-state index contributed by atoms with van der Waals surface area (Å²) in [5, 5.41) is 8.18. The standard InChI is InChI=1S/C16H29N3O/c1-5-17-14(12-16(20-4)8-7-9-16)11-15-10-13(3)18-19(15)6-2/h10,14,17H,5-9,11-12H2,1-4H3. The predicted molar refractivity (Wildman–Crippen MR) is 82.0 cm³/mol. The van der Waals surface area contributed by atoms with Gasteiger partial charge in [-0.3, -0.25) is 4.68 Å². The molecule has 4 heteroatoms. The van der Waals surface area contributed by atoms with Gasteiger partial charge in [0.05, 0.1) is 11.3 Å². The molecule has 1 N–H and O–H groups in total. The second-order valence-electron chi connectivity index (χ2n) is 6.00. The van der Waals surface area contributed by atoms with E-state index in [9.17, 15) is 0 Å². The first kappa shape index (κ1) is 15.5. The molecule has 0 aliphatic heterocycles. The fourth-order valence-corrected chi connectivity index (χ4v) is 3.31. The molecule has 0 saturated heterocycles. The molecular weight excluding hydrogens is 250 g/mol. The Labute approximate surface area is 122 Å². The number of methoxy groups -OCH3 is 1. The molecule has 4 nitrogen and oxygen atoms in total. The van der Waals surface area contributed by atoms with E-state index in [0.717, 1.165) is 31.6 Å². The van der Waals surface area contributed by atoms with E-state index in [1.165, 1.54) is 25.0 Å². The maximum Gasteiger partial charge on any atom is 0.0693 e. The van der Waals surface area contributed by atoms with Gasteiger partial charge in [0.2, 0.25) is 0 Å². The summed E-state index contributed by atoms with van der Waals surface area (Å²) in [5.41, 5.74) is 2.57. The minimum atomic E-state index is 0.124. The van der Waals surface area contributed by atoms with Gasteiger partial charge in [-0.1, -0.05) is 6.92 Å². The Morgan fingerprint density at radius 2 is 2.20 bits per heavy atom. The molecule has 0 amide bonds. The van der Waals surface area contributed by atoms with Gasteiger partial charge in [0.15, 0.2) is 0 Å². The van der Waals surface area contributed by atoms with Crippen molar-refractivity contribution in [2.24, 2.45) is 0 Å². The Morgan fingerprint density at radius 3 is 2.70 bits per heavy atom. The van der Waals surface area contributed by atoms with Crippen LogP contribution in [0.1, 0.15) is 50.9 Å². The first-order chi connectivity index (χ1) is 9.62. The lowest BCUT2D eigenvalue weighted by Gasteiger charge is -2.43. The van der Waals surface area contributed by atoms with Gasteiger partial charge in [0, 0.05) is 31.8 Å². The van der Waals surface area contributed by atoms with Crippen molar-refractivity contribution < 1.29 is 4.74 Å². The van der Waals surface area contributed by atoms with Crippen LogP contribution in [0, 0.1) is 6.92 Å². The summed E-state index contributed by atoms with van der Waals surface area (Å²) in [7, 11) is 1.86. The van der Waals surface area contributed by atoms with Crippen LogP contribution in [0.15, 0.2) is 6.07 Å². The van der Waals surface area contributed by atoms with Gasteiger partial charge >= 0.3 is 0 Å². The van der Waals surface area contributed by atoms with Crippen LogP contribution in [-0.2, 0) is 17.7 Å². The predicted octanol–water partition coefficient (Wildman–Crippen LogP) is 2.69. The van der Waals surface area contributed by atoms with Gasteiger partial charge in [-0.15, -0.1) is 0 Å². The molecule has 1 heterocycles. The number of hydrogen-bond donors (Lipinski definition) is 1. The molecule has 1 atom stereocenters. The first-order valence-corrected chi connectivity index (χ1v) is 7.94. The minimum Gasteiger partial charge on any atom is -0.378 e. The topological polar surface area (TPSA) is 39.1 Å². The smallest absolute Gasteiger partial charge is 0.0693 e. The fourth-order valence-electron chi connectivity index (χ4n) is 3.31. The quantitative estimate of drug-likeness (QED) is 0.795. The molecule has 2 rings (SSSR count). The minimum absolute atomic E-state index is 0.124. The Hall–Kier alpha value is -0.870. The summed E-state index contributed by atoms with van der Waals surface area (Å²) in [5.74, 6) is 0. The molecule has 1 saturated carbocycles. The van der Waals surface area contributed by atoms with Crippen molar-refractivity contribution in [2.75, 3.05) is 13.7 Å². The normalized spacial score (nSPS) is 18.8. The zero-order valence-electron chi connectivity index (χ0n) is 13.4. The molecule has 1 aliphatic rings. The molecule has 1 aromatic rings. The lowest BCUT2D eigenvalue weighted by atomic mass is 9.75. The van der Waals surface area contributed by atoms with Crippen LogP contribution in [0.25, 0.3) is 0 Å². The van der Waals surface area contributed by atoms with Crippen molar-refractivity contribution in [1.29, 1.82) is 0 Å². The van der Waals surface area contributed by atoms with Gasteiger partial charge < -0.3 is 10.1 Å². The Kier molecular flexibility index (Phi) is 5.22. The Bertz CT molecular complexity index is 418. The van der Waals surface area contributed by atoms with E-state index < -0.39 is 0 Å². The van der Waals surface area contributed by atoms with Crippen LogP contribution in [0.3, 0.4) is 0 Å². The van der Waals surface area contributed by atoms with Gasteiger partial charge in [-0.25, -0.2) is 0 Å². The number of hydrogen-bond acceptors (Lipinski definition) is 3. The zero-order chi connectivity index (χ0) is 14.6. The molecule has 20 heavy (non-hydrogen) atoms. The lowest BCUT2D eigenvalue weighted by Crippen LogP contribution is -2.46. The molecule has 1 unspecified atom stereocenters. The third-order valence-corrected chi connectivity index (χ3v) is 4.55. The Morgan fingerprint density at radius 1 is 1.45 bits per heavy atom. The van der Waals surface area contributed by atoms with Crippen LogP contribution in [0.5, 0.6) is 0 Å². The van der Waals surface area contributed by atoms with Crippen LogP contribution < -0.4 is 5.32 Å². The molecule has 0 radical (unpaired) electrons. The fraction of sp³-hybridized carbons (Fsp3) is 0.812. The van der Waals surface area contributed by atoms with Crippen molar-refractivity contribution in [2.45, 2.75) is 71.1 Å². The van der Waals surface area contributed by atoms with Crippen LogP contribution in [-0.4, -0.2) is 35.1 Å². The summed E-state index contributed by atoms with van der Waals surface area (Å²) >= 11 is 0. The number of aromatic nitrogens is 2. The number of rotatable bonds is 8. The SMILES string of the molecule is CCNC(Cc1cc(C)nn1CC)CC1(OC)CCC1. The van der Waals surface area contributed by atoms with Gasteiger partial charge in [0.25, 0.3) is 0 Å². The molecule has 0 aromatic carbocycles. The lowest BCUT2D eigenvalue weighted by molar-refractivity contribution is -0.0834. The number of nitrogens with one attached hydrogen (secondary N) is 1. The van der Waals surface area contributed by atoms with E-state index in [1.54, 1.807) is 0 Å². The van der Waals surface area contributed by atoms with Crippen molar-refractivity contribution in [1.82, 2.24) is 15.1 Å². The number of nitrogens with zero attached hydrogens (tertiary/aromatic N) is 2. The molecule has 114 valence electrons. The van der Waals surface area contributed by atoms with Gasteiger partial charge in [-0.05, 0) is 52.1 Å². The maximum absolute atomic E-state index is 5.79. The molecule has 1 aromatic heterocycles. The van der Waals surface area contributed by atoms with Crippen molar-refractivity contribution in [3.8, 4) is 0 Å². The summed E-state index contributed by atoms with van der Waals surface area (Å²) in [6.07, 6.45) is 5.85. The summed E-state index contributed by atoms with van der Waals surface area (Å²) in [6, 6.07) is 2.69.